The number of rotatable bonds is 8. The molecule has 1 N–H and O–H groups in total. The Balaban J connectivity index is 2.37. The number of hydrogen-bond donors (Lipinski definition) is 1. The zero-order valence-electron chi connectivity index (χ0n) is 11.5. The third-order valence-corrected chi connectivity index (χ3v) is 3.47. The van der Waals surface area contributed by atoms with Crippen molar-refractivity contribution in [3.63, 3.8) is 0 Å². The lowest BCUT2D eigenvalue weighted by molar-refractivity contribution is 0.0697. The van der Waals surface area contributed by atoms with Crippen LogP contribution < -0.4 is 0 Å². The molecule has 1 unspecified atom stereocenters. The molecule has 2 heteroatoms. The molecule has 0 fully saturated rings. The minimum atomic E-state index is -0.853. The fourth-order valence-corrected chi connectivity index (χ4v) is 2.17. The van der Waals surface area contributed by atoms with Gasteiger partial charge in [-0.2, -0.15) is 0 Å². The van der Waals surface area contributed by atoms with Crippen LogP contribution in [-0.2, 0) is 0 Å². The lowest BCUT2D eigenvalue weighted by atomic mass is 9.94. The highest BCUT2D eigenvalue weighted by Gasteiger charge is 2.07. The number of hydrogen-bond acceptors (Lipinski definition) is 1. The highest BCUT2D eigenvalue weighted by atomic mass is 16.4. The van der Waals surface area contributed by atoms with Crippen molar-refractivity contribution < 1.29 is 9.90 Å². The molecule has 0 aliphatic rings. The van der Waals surface area contributed by atoms with Crippen LogP contribution >= 0.6 is 0 Å². The minimum Gasteiger partial charge on any atom is -0.478 e. The van der Waals surface area contributed by atoms with Crippen molar-refractivity contribution in [1.82, 2.24) is 0 Å². The Hall–Kier alpha value is -1.31. The molecule has 1 atom stereocenters. The summed E-state index contributed by atoms with van der Waals surface area (Å²) in [5.74, 6) is -0.330. The summed E-state index contributed by atoms with van der Waals surface area (Å²) in [4.78, 5) is 10.8. The summed E-state index contributed by atoms with van der Waals surface area (Å²) in [5.41, 5.74) is 1.62. The summed E-state index contributed by atoms with van der Waals surface area (Å²) < 4.78 is 0. The molecule has 1 aromatic carbocycles. The Morgan fingerprint density at radius 1 is 1.11 bits per heavy atom. The zero-order chi connectivity index (χ0) is 13.4. The van der Waals surface area contributed by atoms with Gasteiger partial charge in [-0.25, -0.2) is 4.79 Å². The van der Waals surface area contributed by atoms with Crippen molar-refractivity contribution >= 4 is 5.97 Å². The van der Waals surface area contributed by atoms with Crippen LogP contribution in [0.5, 0.6) is 0 Å². The van der Waals surface area contributed by atoms with Gasteiger partial charge in [-0.15, -0.1) is 0 Å². The van der Waals surface area contributed by atoms with Gasteiger partial charge in [0.2, 0.25) is 0 Å². The molecule has 0 spiro atoms. The molecule has 0 bridgehead atoms. The van der Waals surface area contributed by atoms with Crippen molar-refractivity contribution in [3.8, 4) is 0 Å². The van der Waals surface area contributed by atoms with Crippen LogP contribution in [0.3, 0.4) is 0 Å². The van der Waals surface area contributed by atoms with Gasteiger partial charge in [0.25, 0.3) is 0 Å². The largest absolute Gasteiger partial charge is 0.478 e. The van der Waals surface area contributed by atoms with Gasteiger partial charge >= 0.3 is 5.97 Å². The van der Waals surface area contributed by atoms with Crippen molar-refractivity contribution in [3.05, 3.63) is 35.4 Å². The van der Waals surface area contributed by atoms with Gasteiger partial charge in [0.05, 0.1) is 5.56 Å². The highest BCUT2D eigenvalue weighted by Crippen LogP contribution is 2.22. The van der Waals surface area contributed by atoms with E-state index in [9.17, 15) is 4.79 Å². The van der Waals surface area contributed by atoms with E-state index in [4.69, 9.17) is 5.11 Å². The van der Waals surface area contributed by atoms with Crippen molar-refractivity contribution in [2.75, 3.05) is 0 Å². The summed E-state index contributed by atoms with van der Waals surface area (Å²) in [5, 5.41) is 8.84. The van der Waals surface area contributed by atoms with E-state index < -0.39 is 5.97 Å². The van der Waals surface area contributed by atoms with E-state index in [-0.39, 0.29) is 0 Å². The second kappa shape index (κ2) is 7.91. The second-order valence-electron chi connectivity index (χ2n) is 5.03. The average Bonchev–Trinajstić information content (AvgIpc) is 2.38. The lowest BCUT2D eigenvalue weighted by Crippen LogP contribution is -1.98. The normalized spacial score (nSPS) is 12.3. The van der Waals surface area contributed by atoms with Gasteiger partial charge in [0.1, 0.15) is 0 Å². The second-order valence-corrected chi connectivity index (χ2v) is 5.03. The fourth-order valence-electron chi connectivity index (χ4n) is 2.17. The van der Waals surface area contributed by atoms with Crippen molar-refractivity contribution in [2.45, 2.75) is 58.3 Å². The van der Waals surface area contributed by atoms with E-state index in [0.717, 1.165) is 0 Å². The van der Waals surface area contributed by atoms with Crippen LogP contribution in [0.2, 0.25) is 0 Å². The van der Waals surface area contributed by atoms with Crippen LogP contribution in [-0.4, -0.2) is 11.1 Å². The predicted molar refractivity (Wildman–Crippen MR) is 75.2 cm³/mol. The molecule has 0 radical (unpaired) electrons. The molecule has 1 aromatic rings. The SMILES string of the molecule is CCCCCCCC(C)c1ccc(C(=O)O)cc1. The molecular weight excluding hydrogens is 224 g/mol. The summed E-state index contributed by atoms with van der Waals surface area (Å²) >= 11 is 0. The lowest BCUT2D eigenvalue weighted by Gasteiger charge is -2.11. The number of carboxylic acid groups (broad SMARTS) is 1. The molecule has 18 heavy (non-hydrogen) atoms. The molecule has 0 amide bonds. The molecule has 2 nitrogen and oxygen atoms in total. The third kappa shape index (κ3) is 4.91. The van der Waals surface area contributed by atoms with Crippen LogP contribution in [0.1, 0.15) is 74.2 Å². The summed E-state index contributed by atoms with van der Waals surface area (Å²) in [6, 6.07) is 7.29. The van der Waals surface area contributed by atoms with Gasteiger partial charge in [0.15, 0.2) is 0 Å². The first kappa shape index (κ1) is 14.7. The van der Waals surface area contributed by atoms with Crippen molar-refractivity contribution in [2.24, 2.45) is 0 Å². The Bertz CT molecular complexity index is 354. The van der Waals surface area contributed by atoms with E-state index in [1.807, 2.05) is 12.1 Å². The van der Waals surface area contributed by atoms with Crippen LogP contribution in [0.25, 0.3) is 0 Å². The maximum atomic E-state index is 10.8. The van der Waals surface area contributed by atoms with E-state index >= 15 is 0 Å². The van der Waals surface area contributed by atoms with E-state index in [1.165, 1.54) is 44.1 Å². The number of carboxylic acids is 1. The zero-order valence-corrected chi connectivity index (χ0v) is 11.5. The molecular formula is C16H24O2. The van der Waals surface area contributed by atoms with Gasteiger partial charge in [-0.1, -0.05) is 58.1 Å². The number of carbonyl (C=O) groups is 1. The molecule has 100 valence electrons. The number of aromatic carboxylic acids is 1. The molecule has 0 saturated carbocycles. The van der Waals surface area contributed by atoms with Gasteiger partial charge in [-0.05, 0) is 30.0 Å². The Morgan fingerprint density at radius 3 is 2.28 bits per heavy atom. The molecule has 0 heterocycles. The first-order chi connectivity index (χ1) is 8.65. The monoisotopic (exact) mass is 248 g/mol. The molecule has 0 saturated heterocycles. The highest BCUT2D eigenvalue weighted by molar-refractivity contribution is 5.87. The Labute approximate surface area is 110 Å². The first-order valence-electron chi connectivity index (χ1n) is 6.98. The first-order valence-corrected chi connectivity index (χ1v) is 6.98. The third-order valence-electron chi connectivity index (χ3n) is 3.47. The fraction of sp³-hybridized carbons (Fsp3) is 0.562. The van der Waals surface area contributed by atoms with Gasteiger partial charge < -0.3 is 5.11 Å². The van der Waals surface area contributed by atoms with Gasteiger partial charge in [0, 0.05) is 0 Å². The van der Waals surface area contributed by atoms with Gasteiger partial charge in [-0.3, -0.25) is 0 Å². The Kier molecular flexibility index (Phi) is 6.48. The van der Waals surface area contributed by atoms with E-state index in [2.05, 4.69) is 13.8 Å². The molecule has 1 rings (SSSR count). The number of benzene rings is 1. The van der Waals surface area contributed by atoms with Crippen LogP contribution in [0.4, 0.5) is 0 Å². The minimum absolute atomic E-state index is 0.369. The van der Waals surface area contributed by atoms with Crippen LogP contribution in [0, 0.1) is 0 Å². The summed E-state index contributed by atoms with van der Waals surface area (Å²) in [6.07, 6.45) is 7.72. The quantitative estimate of drug-likeness (QED) is 0.668. The predicted octanol–water partition coefficient (Wildman–Crippen LogP) is 4.85. The van der Waals surface area contributed by atoms with E-state index in [0.29, 0.717) is 11.5 Å². The summed E-state index contributed by atoms with van der Waals surface area (Å²) in [7, 11) is 0. The molecule has 0 aliphatic heterocycles. The molecule has 0 aromatic heterocycles. The standard InChI is InChI=1S/C16H24O2/c1-3-4-5-6-7-8-13(2)14-9-11-15(12-10-14)16(17)18/h9-13H,3-8H2,1-2H3,(H,17,18). The topological polar surface area (TPSA) is 37.3 Å². The smallest absolute Gasteiger partial charge is 0.335 e. The molecule has 0 aliphatic carbocycles. The van der Waals surface area contributed by atoms with E-state index in [1.54, 1.807) is 12.1 Å². The summed E-state index contributed by atoms with van der Waals surface area (Å²) in [6.45, 7) is 4.45. The van der Waals surface area contributed by atoms with Crippen LogP contribution in [0.15, 0.2) is 24.3 Å². The average molecular weight is 248 g/mol. The van der Waals surface area contributed by atoms with Crippen molar-refractivity contribution in [1.29, 1.82) is 0 Å². The number of unbranched alkanes of at least 4 members (excludes halogenated alkanes) is 4. The maximum Gasteiger partial charge on any atom is 0.335 e. The maximum absolute atomic E-state index is 10.8. The Morgan fingerprint density at radius 2 is 1.72 bits per heavy atom.